The molecule has 5 heteroatoms. The molecule has 0 radical (unpaired) electrons. The molecule has 1 aromatic carbocycles. The fourth-order valence-corrected chi connectivity index (χ4v) is 1.32. The fraction of sp³-hybridized carbons (Fsp3) is 0.100. The van der Waals surface area contributed by atoms with Crippen LogP contribution in [0.2, 0.25) is 0 Å². The van der Waals surface area contributed by atoms with E-state index < -0.39 is 5.82 Å². The summed E-state index contributed by atoms with van der Waals surface area (Å²) < 4.78 is 18.2. The van der Waals surface area contributed by atoms with E-state index in [1.807, 2.05) is 0 Å². The highest BCUT2D eigenvalue weighted by molar-refractivity contribution is 5.61. The van der Waals surface area contributed by atoms with Crippen LogP contribution in [-0.4, -0.2) is 17.1 Å². The van der Waals surface area contributed by atoms with Crippen LogP contribution in [0, 0.1) is 5.82 Å². The Morgan fingerprint density at radius 2 is 2.27 bits per heavy atom. The number of nitrogen functional groups attached to an aromatic ring is 1. The number of ether oxygens (including phenoxy) is 1. The molecule has 15 heavy (non-hydrogen) atoms. The molecule has 0 atom stereocenters. The summed E-state index contributed by atoms with van der Waals surface area (Å²) in [5, 5.41) is 0. The number of halogens is 1. The second-order valence-corrected chi connectivity index (χ2v) is 3.03. The molecule has 1 heterocycles. The maximum absolute atomic E-state index is 13.4. The quantitative estimate of drug-likeness (QED) is 0.789. The minimum atomic E-state index is -0.414. The van der Waals surface area contributed by atoms with Gasteiger partial charge in [-0.15, -0.1) is 0 Å². The van der Waals surface area contributed by atoms with Crippen LogP contribution in [0.25, 0.3) is 11.3 Å². The van der Waals surface area contributed by atoms with Crippen molar-refractivity contribution in [3.05, 3.63) is 30.2 Å². The lowest BCUT2D eigenvalue weighted by Gasteiger charge is -2.03. The summed E-state index contributed by atoms with van der Waals surface area (Å²) in [7, 11) is 1.42. The van der Waals surface area contributed by atoms with Gasteiger partial charge in [0, 0.05) is 5.56 Å². The number of methoxy groups -OCH3 is 1. The molecule has 0 fully saturated rings. The highest BCUT2D eigenvalue weighted by Gasteiger charge is 2.06. The smallest absolute Gasteiger partial charge is 0.197 e. The summed E-state index contributed by atoms with van der Waals surface area (Å²) in [6.07, 6.45) is 1.55. The number of H-pyrrole nitrogens is 1. The van der Waals surface area contributed by atoms with Crippen LogP contribution in [-0.2, 0) is 0 Å². The van der Waals surface area contributed by atoms with Crippen molar-refractivity contribution in [2.45, 2.75) is 0 Å². The van der Waals surface area contributed by atoms with Crippen molar-refractivity contribution in [3.63, 3.8) is 0 Å². The van der Waals surface area contributed by atoms with Gasteiger partial charge in [-0.2, -0.15) is 0 Å². The van der Waals surface area contributed by atoms with Crippen LogP contribution in [0.4, 0.5) is 10.3 Å². The molecule has 0 unspecified atom stereocenters. The zero-order valence-electron chi connectivity index (χ0n) is 8.12. The van der Waals surface area contributed by atoms with Crippen LogP contribution in [0.1, 0.15) is 0 Å². The van der Waals surface area contributed by atoms with Crippen LogP contribution in [0.5, 0.6) is 5.75 Å². The van der Waals surface area contributed by atoms with Gasteiger partial charge in [0.05, 0.1) is 19.0 Å². The third kappa shape index (κ3) is 1.76. The van der Waals surface area contributed by atoms with E-state index in [4.69, 9.17) is 10.5 Å². The van der Waals surface area contributed by atoms with Gasteiger partial charge in [-0.1, -0.05) is 0 Å². The lowest BCUT2D eigenvalue weighted by molar-refractivity contribution is 0.386. The molecule has 2 rings (SSSR count). The van der Waals surface area contributed by atoms with Crippen LogP contribution < -0.4 is 10.5 Å². The normalized spacial score (nSPS) is 10.3. The number of aromatic nitrogens is 2. The van der Waals surface area contributed by atoms with Crippen molar-refractivity contribution in [2.75, 3.05) is 12.8 Å². The van der Waals surface area contributed by atoms with E-state index in [1.165, 1.54) is 13.2 Å². The predicted octanol–water partition coefficient (Wildman–Crippen LogP) is 1.81. The van der Waals surface area contributed by atoms with Crippen molar-refractivity contribution in [3.8, 4) is 17.0 Å². The van der Waals surface area contributed by atoms with Gasteiger partial charge in [0.1, 0.15) is 0 Å². The predicted molar refractivity (Wildman–Crippen MR) is 54.9 cm³/mol. The lowest BCUT2D eigenvalue weighted by Crippen LogP contribution is -1.89. The Balaban J connectivity index is 2.42. The molecule has 78 valence electrons. The standard InChI is InChI=1S/C10H10FN3O/c1-15-9-3-2-6(4-7(9)11)8-5-13-10(12)14-8/h2-5H,1H3,(H3,12,13,14). The van der Waals surface area contributed by atoms with E-state index in [-0.39, 0.29) is 5.75 Å². The third-order valence-corrected chi connectivity index (χ3v) is 2.06. The highest BCUT2D eigenvalue weighted by atomic mass is 19.1. The minimum absolute atomic E-state index is 0.214. The summed E-state index contributed by atoms with van der Waals surface area (Å²) in [5.41, 5.74) is 6.78. The van der Waals surface area contributed by atoms with Gasteiger partial charge < -0.3 is 15.5 Å². The van der Waals surface area contributed by atoms with Gasteiger partial charge >= 0.3 is 0 Å². The molecule has 4 nitrogen and oxygen atoms in total. The maximum Gasteiger partial charge on any atom is 0.197 e. The Morgan fingerprint density at radius 1 is 1.47 bits per heavy atom. The van der Waals surface area contributed by atoms with Crippen molar-refractivity contribution < 1.29 is 9.13 Å². The van der Waals surface area contributed by atoms with E-state index in [9.17, 15) is 4.39 Å². The van der Waals surface area contributed by atoms with Crippen molar-refractivity contribution in [1.29, 1.82) is 0 Å². The molecule has 0 aliphatic heterocycles. The second-order valence-electron chi connectivity index (χ2n) is 3.03. The Hall–Kier alpha value is -2.04. The molecule has 0 aliphatic carbocycles. The molecule has 0 amide bonds. The largest absolute Gasteiger partial charge is 0.494 e. The van der Waals surface area contributed by atoms with Crippen molar-refractivity contribution >= 4 is 5.95 Å². The molecular weight excluding hydrogens is 197 g/mol. The second kappa shape index (κ2) is 3.61. The number of anilines is 1. The molecule has 2 aromatic rings. The first-order chi connectivity index (χ1) is 7.20. The van der Waals surface area contributed by atoms with E-state index in [1.54, 1.807) is 18.3 Å². The minimum Gasteiger partial charge on any atom is -0.494 e. The summed E-state index contributed by atoms with van der Waals surface area (Å²) in [4.78, 5) is 6.65. The zero-order valence-corrected chi connectivity index (χ0v) is 8.12. The lowest BCUT2D eigenvalue weighted by atomic mass is 10.1. The summed E-state index contributed by atoms with van der Waals surface area (Å²) >= 11 is 0. The Morgan fingerprint density at radius 3 is 2.80 bits per heavy atom. The number of nitrogens with one attached hydrogen (secondary N) is 1. The molecule has 0 spiro atoms. The van der Waals surface area contributed by atoms with Crippen LogP contribution in [0.3, 0.4) is 0 Å². The topological polar surface area (TPSA) is 63.9 Å². The number of rotatable bonds is 2. The maximum atomic E-state index is 13.4. The third-order valence-electron chi connectivity index (χ3n) is 2.06. The summed E-state index contributed by atoms with van der Waals surface area (Å²) in [6, 6.07) is 4.66. The molecular formula is C10H10FN3O. The fourth-order valence-electron chi connectivity index (χ4n) is 1.32. The SMILES string of the molecule is COc1ccc(-c2cnc(N)[nH]2)cc1F. The van der Waals surface area contributed by atoms with Gasteiger partial charge in [-0.25, -0.2) is 9.37 Å². The first kappa shape index (κ1) is 9.51. The molecule has 0 saturated carbocycles. The Bertz CT molecular complexity index is 481. The summed E-state index contributed by atoms with van der Waals surface area (Å²) in [5.74, 6) is 0.107. The van der Waals surface area contributed by atoms with Gasteiger partial charge in [0.2, 0.25) is 0 Å². The number of imidazole rings is 1. The number of hydrogen-bond acceptors (Lipinski definition) is 3. The molecule has 0 saturated heterocycles. The molecule has 3 N–H and O–H groups in total. The number of benzene rings is 1. The van der Waals surface area contributed by atoms with E-state index >= 15 is 0 Å². The van der Waals surface area contributed by atoms with E-state index in [0.29, 0.717) is 17.2 Å². The van der Waals surface area contributed by atoms with Crippen LogP contribution in [0.15, 0.2) is 24.4 Å². The first-order valence-corrected chi connectivity index (χ1v) is 4.35. The number of hydrogen-bond donors (Lipinski definition) is 2. The van der Waals surface area contributed by atoms with Gasteiger partial charge in [0.15, 0.2) is 17.5 Å². The highest BCUT2D eigenvalue weighted by Crippen LogP contribution is 2.24. The number of aromatic amines is 1. The van der Waals surface area contributed by atoms with E-state index in [2.05, 4.69) is 9.97 Å². The average molecular weight is 207 g/mol. The zero-order chi connectivity index (χ0) is 10.8. The molecule has 0 bridgehead atoms. The van der Waals surface area contributed by atoms with Crippen molar-refractivity contribution in [2.24, 2.45) is 0 Å². The summed E-state index contributed by atoms with van der Waals surface area (Å²) in [6.45, 7) is 0. The van der Waals surface area contributed by atoms with E-state index in [0.717, 1.165) is 0 Å². The first-order valence-electron chi connectivity index (χ1n) is 4.35. The van der Waals surface area contributed by atoms with Crippen LogP contribution >= 0.6 is 0 Å². The Kier molecular flexibility index (Phi) is 2.29. The Labute approximate surface area is 85.9 Å². The molecule has 0 aliphatic rings. The monoisotopic (exact) mass is 207 g/mol. The van der Waals surface area contributed by atoms with Gasteiger partial charge in [-0.05, 0) is 18.2 Å². The number of nitrogens with two attached hydrogens (primary N) is 1. The van der Waals surface area contributed by atoms with Gasteiger partial charge in [-0.3, -0.25) is 0 Å². The molecule has 1 aromatic heterocycles. The van der Waals surface area contributed by atoms with Gasteiger partial charge in [0.25, 0.3) is 0 Å². The number of nitrogens with zero attached hydrogens (tertiary/aromatic N) is 1. The van der Waals surface area contributed by atoms with Crippen molar-refractivity contribution in [1.82, 2.24) is 9.97 Å². The average Bonchev–Trinajstić information content (AvgIpc) is 2.65.